The zero-order valence-corrected chi connectivity index (χ0v) is 56.7. The molecule has 4 heterocycles. The fourth-order valence-corrected chi connectivity index (χ4v) is 12.4. The van der Waals surface area contributed by atoms with Crippen LogP contribution in [0.5, 0.6) is 11.5 Å². The van der Waals surface area contributed by atoms with Crippen LogP contribution in [0.3, 0.4) is 0 Å². The van der Waals surface area contributed by atoms with E-state index in [0.29, 0.717) is 45.0 Å². The molecule has 98 heavy (non-hydrogen) atoms. The molecule has 0 bridgehead atoms. The second-order valence-corrected chi connectivity index (χ2v) is 25.5. The van der Waals surface area contributed by atoms with Crippen molar-refractivity contribution in [2.75, 3.05) is 113 Å². The molecule has 2 aliphatic heterocycles. The molecule has 4 atom stereocenters. The number of carbonyl (C=O) groups is 10. The zero-order valence-electron chi connectivity index (χ0n) is 55.1. The van der Waals surface area contributed by atoms with E-state index >= 15 is 0 Å². The van der Waals surface area contributed by atoms with Gasteiger partial charge in [-0.15, -0.1) is 23.4 Å². The molecule has 1 fully saturated rings. The number of rotatable bonds is 34. The summed E-state index contributed by atoms with van der Waals surface area (Å²) in [5.41, 5.74) is 9.54. The van der Waals surface area contributed by atoms with Gasteiger partial charge in [0.25, 0.3) is 11.8 Å². The highest BCUT2D eigenvalue weighted by Gasteiger charge is 2.39. The lowest BCUT2D eigenvalue weighted by Gasteiger charge is -2.26. The maximum absolute atomic E-state index is 14.6. The number of nitrogens with zero attached hydrogens (tertiary/aromatic N) is 6. The number of primary amides is 1. The molecule has 524 valence electrons. The first kappa shape index (κ1) is 74.2. The number of Topliss-reactive ketones (excluding diaryl/α,β-unsaturated/α-hetero) is 1. The van der Waals surface area contributed by atoms with E-state index in [1.807, 2.05) is 32.0 Å². The topological polar surface area (TPSA) is 362 Å². The highest BCUT2D eigenvalue weighted by Crippen LogP contribution is 2.47. The minimum atomic E-state index is -1.04. The molecule has 0 spiro atoms. The molecule has 8 N–H and O–H groups in total. The second kappa shape index (κ2) is 35.6. The number of aliphatic hydroxyl groups excluding tert-OH is 1. The molecular weight excluding hydrogens is 1310 g/mol. The first-order valence-corrected chi connectivity index (χ1v) is 33.6. The third-order valence-electron chi connectivity index (χ3n) is 16.4. The van der Waals surface area contributed by atoms with Crippen LogP contribution in [0, 0.1) is 18.8 Å². The lowest BCUT2D eigenvalue weighted by Crippen LogP contribution is -2.46. The number of urea groups is 1. The molecule has 0 aliphatic carbocycles. The molecule has 2 aromatic heterocycles. The number of aromatic hydroxyl groups is 1. The fraction of sp³-hybridized carbons (Fsp3) is 0.426. The van der Waals surface area contributed by atoms with Crippen molar-refractivity contribution in [1.29, 1.82) is 0 Å². The number of benzene rings is 4. The maximum atomic E-state index is 14.6. The summed E-state index contributed by atoms with van der Waals surface area (Å²) in [6.45, 7) is 6.97. The number of phenolic OH excluding ortho intramolecular Hbond substituents is 1. The summed E-state index contributed by atoms with van der Waals surface area (Å²) in [6.07, 6.45) is 1.06. The number of nitrogens with two attached hydrogens (primary N) is 1. The van der Waals surface area contributed by atoms with Gasteiger partial charge in [-0.2, -0.15) is 0 Å². The van der Waals surface area contributed by atoms with Gasteiger partial charge in [0.1, 0.15) is 36.1 Å². The van der Waals surface area contributed by atoms with Crippen LogP contribution in [-0.2, 0) is 44.7 Å². The Morgan fingerprint density at radius 1 is 0.857 bits per heavy atom. The fourth-order valence-electron chi connectivity index (χ4n) is 11.3. The number of hydrogen-bond donors (Lipinski definition) is 7. The number of nitrogens with one attached hydrogen (secondary N) is 4. The Morgan fingerprint density at radius 2 is 1.60 bits per heavy atom. The molecule has 4 aromatic carbocycles. The third-order valence-corrected chi connectivity index (χ3v) is 17.8. The number of likely N-dealkylation sites (N-methyl/N-ethyl adjacent to an activating group) is 1. The Morgan fingerprint density at radius 3 is 2.32 bits per heavy atom. The van der Waals surface area contributed by atoms with E-state index in [4.69, 9.17) is 41.0 Å². The maximum Gasteiger partial charge on any atom is 0.415 e. The van der Waals surface area contributed by atoms with Gasteiger partial charge in [0.2, 0.25) is 17.7 Å². The number of thioether (sulfide) groups is 1. The van der Waals surface area contributed by atoms with Gasteiger partial charge < -0.3 is 80.0 Å². The van der Waals surface area contributed by atoms with Crippen LogP contribution in [0.4, 0.5) is 36.2 Å². The second-order valence-electron chi connectivity index (χ2n) is 23.7. The van der Waals surface area contributed by atoms with Crippen molar-refractivity contribution >= 4 is 116 Å². The molecule has 28 nitrogen and oxygen atoms in total. The van der Waals surface area contributed by atoms with Crippen molar-refractivity contribution < 1.29 is 81.8 Å². The number of anilines is 3. The number of pyridine rings is 1. The van der Waals surface area contributed by atoms with Gasteiger partial charge >= 0.3 is 24.3 Å². The lowest BCUT2D eigenvalue weighted by atomic mass is 9.89. The number of hydrogen-bond acceptors (Lipinski definition) is 19. The van der Waals surface area contributed by atoms with Gasteiger partial charge in [-0.25, -0.2) is 24.2 Å². The smallest absolute Gasteiger partial charge is 0.415 e. The number of carbonyl (C=O) groups excluding carboxylic acids is 10. The first-order valence-electron chi connectivity index (χ1n) is 32.1. The number of ketones is 1. The average molecular weight is 1390 g/mol. The number of aliphatic hydroxyl groups is 1. The number of alkyl carbamates (subject to hydrolysis) is 1. The molecule has 8 rings (SSSR count). The monoisotopic (exact) mass is 1390 g/mol. The van der Waals surface area contributed by atoms with Gasteiger partial charge in [-0.1, -0.05) is 51.1 Å². The molecule has 0 radical (unpaired) electrons. The molecule has 6 aromatic rings. The average Bonchev–Trinajstić information content (AvgIpc) is 1.52. The largest absolute Gasteiger partial charge is 0.508 e. The van der Waals surface area contributed by atoms with Crippen molar-refractivity contribution in [3.63, 3.8) is 0 Å². The summed E-state index contributed by atoms with van der Waals surface area (Å²) in [5, 5.41) is 30.8. The summed E-state index contributed by atoms with van der Waals surface area (Å²) in [4.78, 5) is 142. The van der Waals surface area contributed by atoms with Gasteiger partial charge in [0.05, 0.1) is 62.2 Å². The Kier molecular flexibility index (Phi) is 27.0. The molecule has 1 unspecified atom stereocenters. The van der Waals surface area contributed by atoms with E-state index in [2.05, 4.69) is 26.3 Å². The molecule has 10 amide bonds. The van der Waals surface area contributed by atoms with Gasteiger partial charge in [0, 0.05) is 105 Å². The predicted molar refractivity (Wildman–Crippen MR) is 366 cm³/mol. The Bertz CT molecular complexity index is 3860. The van der Waals surface area contributed by atoms with E-state index in [9.17, 15) is 58.2 Å². The number of fused-ring (bicyclic) bond motifs is 4. The van der Waals surface area contributed by atoms with E-state index in [1.165, 1.54) is 57.8 Å². The SMILES string of the molecule is CCSC1CC(=O)N(CCOCCOC(=O)N[C@H](C(=O)C[C@@H](CCCNC(N)=O)C(=O)Nc2ccc(COC(=O)N(C)CCN(CCOCCO)C(=O)Oc3cc4c(c5c(C)cccc35)[C@H](CCl)CN4C(=O)c3cn4cc(NC(=O)c5ccc(O)cc5)ccc4n3)cc2)C(C)C)C1=O. The Labute approximate surface area is 575 Å². The van der Waals surface area contributed by atoms with Gasteiger partial charge in [0.15, 0.2) is 5.78 Å². The number of halogens is 1. The van der Waals surface area contributed by atoms with Crippen LogP contribution in [0.1, 0.15) is 89.9 Å². The van der Waals surface area contributed by atoms with Gasteiger partial charge in [-0.05, 0) is 102 Å². The molecule has 1 saturated heterocycles. The molecular formula is C68H82ClN11O17S. The highest BCUT2D eigenvalue weighted by atomic mass is 35.5. The van der Waals surface area contributed by atoms with Crippen molar-refractivity contribution in [3.05, 3.63) is 125 Å². The van der Waals surface area contributed by atoms with Crippen molar-refractivity contribution in [1.82, 2.24) is 34.7 Å². The number of ether oxygens (including phenoxy) is 5. The minimum absolute atomic E-state index is 0.00320. The highest BCUT2D eigenvalue weighted by molar-refractivity contribution is 8.00. The summed E-state index contributed by atoms with van der Waals surface area (Å²) in [6, 6.07) is 20.9. The minimum Gasteiger partial charge on any atom is -0.508 e. The van der Waals surface area contributed by atoms with Crippen molar-refractivity contribution in [3.8, 4) is 11.5 Å². The van der Waals surface area contributed by atoms with Crippen LogP contribution in [-0.4, -0.2) is 203 Å². The van der Waals surface area contributed by atoms with E-state index in [0.717, 1.165) is 16.5 Å². The number of amides is 10. The Hall–Kier alpha value is -9.55. The standard InChI is InChI=1S/C68H82ClN11O17S/c1-6-98-55-35-57(84)79(64(55)88)26-29-94-31-32-95-66(90)75-60(41(2)3)53(83)33-45(10-8-22-71-65(70)89)62(86)72-47-16-12-43(13-17-47)40-96-67(91)76(5)23-24-77(25-28-93-30-27-81)68(92)97-54-34-52-59(58-42(4)9-7-11-50(54)58)46(36-69)37-80(52)63(87)51-39-78-38-48(18-21-56(78)74-51)73-61(85)44-14-19-49(82)20-15-44/h7,9,11-21,34,38-39,41,45-46,55,60,81-82H,6,8,10,22-33,35-37,40H2,1-5H3,(H,72,86)(H,73,85)(H,75,90)(H3,70,71,89)/t45-,46-,55?,60+/m1/s1. The third kappa shape index (κ3) is 19.8. The van der Waals surface area contributed by atoms with E-state index in [1.54, 1.807) is 78.0 Å². The zero-order chi connectivity index (χ0) is 70.6. The number of aryl methyl sites for hydroxylation is 1. The summed E-state index contributed by atoms with van der Waals surface area (Å²) < 4.78 is 29.8. The first-order chi connectivity index (χ1) is 47.1. The van der Waals surface area contributed by atoms with Crippen LogP contribution in [0.15, 0.2) is 97.3 Å². The number of imide groups is 1. The number of alkyl halides is 1. The number of phenols is 1. The lowest BCUT2D eigenvalue weighted by molar-refractivity contribution is -0.139. The van der Waals surface area contributed by atoms with Gasteiger partial charge in [-0.3, -0.25) is 33.7 Å². The van der Waals surface area contributed by atoms with Crippen molar-refractivity contribution in [2.24, 2.45) is 17.6 Å². The summed E-state index contributed by atoms with van der Waals surface area (Å²) in [7, 11) is 1.49. The molecule has 30 heteroatoms. The molecule has 0 saturated carbocycles. The van der Waals surface area contributed by atoms with Crippen LogP contribution in [0.25, 0.3) is 16.4 Å². The number of likely N-dealkylation sites (tertiary alicyclic amines) is 1. The number of imidazole rings is 1. The van der Waals surface area contributed by atoms with Crippen molar-refractivity contribution in [2.45, 2.75) is 77.2 Å². The quantitative estimate of drug-likeness (QED) is 0.0117. The Balaban J connectivity index is 0.857. The summed E-state index contributed by atoms with van der Waals surface area (Å²) >= 11 is 8.07. The summed E-state index contributed by atoms with van der Waals surface area (Å²) in [5.74, 6) is -2.94. The van der Waals surface area contributed by atoms with Crippen LogP contribution < -0.4 is 36.6 Å². The number of aromatic nitrogens is 2. The van der Waals surface area contributed by atoms with Crippen LogP contribution in [0.2, 0.25) is 0 Å². The van der Waals surface area contributed by atoms with E-state index < -0.39 is 70.9 Å². The van der Waals surface area contributed by atoms with E-state index in [-0.39, 0.29) is 152 Å². The molecule has 2 aliphatic rings. The predicted octanol–water partition coefficient (Wildman–Crippen LogP) is 7.43. The van der Waals surface area contributed by atoms with Crippen LogP contribution >= 0.6 is 23.4 Å². The normalized spacial score (nSPS) is 14.8.